The summed E-state index contributed by atoms with van der Waals surface area (Å²) in [5.41, 5.74) is 1.29. The summed E-state index contributed by atoms with van der Waals surface area (Å²) in [6, 6.07) is 6.98. The third kappa shape index (κ3) is 7.90. The fourth-order valence-electron chi connectivity index (χ4n) is 3.51. The molecule has 0 bridgehead atoms. The van der Waals surface area contributed by atoms with E-state index >= 15 is 0 Å². The number of halogens is 1. The van der Waals surface area contributed by atoms with Gasteiger partial charge in [-0.05, 0) is 48.8 Å². The van der Waals surface area contributed by atoms with E-state index in [0.29, 0.717) is 11.7 Å². The fraction of sp³-hybridized carbons (Fsp3) is 0.500. The van der Waals surface area contributed by atoms with Crippen molar-refractivity contribution in [1.82, 2.24) is 16.0 Å². The summed E-state index contributed by atoms with van der Waals surface area (Å²) in [5, 5.41) is 19.3. The summed E-state index contributed by atoms with van der Waals surface area (Å²) in [6.07, 6.45) is 2.80. The van der Waals surface area contributed by atoms with Crippen molar-refractivity contribution in [3.8, 4) is 0 Å². The number of hydrogen-bond donors (Lipinski definition) is 4. The van der Waals surface area contributed by atoms with Crippen LogP contribution in [0.1, 0.15) is 45.6 Å². The first kappa shape index (κ1) is 25.3. The minimum atomic E-state index is -1.00. The summed E-state index contributed by atoms with van der Waals surface area (Å²) in [6.45, 7) is 5.99. The molecule has 0 fully saturated rings. The maximum absolute atomic E-state index is 11.9. The highest BCUT2D eigenvalue weighted by Crippen LogP contribution is 2.24. The van der Waals surface area contributed by atoms with Gasteiger partial charge >= 0.3 is 5.97 Å². The first-order valence-electron chi connectivity index (χ1n) is 10.4. The van der Waals surface area contributed by atoms with E-state index in [2.05, 4.69) is 31.9 Å². The van der Waals surface area contributed by atoms with Crippen molar-refractivity contribution in [3.63, 3.8) is 0 Å². The fourth-order valence-corrected chi connectivity index (χ4v) is 4.00. The van der Waals surface area contributed by atoms with Crippen LogP contribution < -0.4 is 16.0 Å². The molecule has 9 heteroatoms. The Morgan fingerprint density at radius 3 is 2.42 bits per heavy atom. The minimum absolute atomic E-state index is 0.0335. The van der Waals surface area contributed by atoms with Gasteiger partial charge in [0.2, 0.25) is 5.91 Å². The smallest absolute Gasteiger partial charge is 0.331 e. The lowest BCUT2D eigenvalue weighted by Gasteiger charge is -2.38. The molecule has 0 saturated carbocycles. The molecule has 4 N–H and O–H groups in total. The van der Waals surface area contributed by atoms with E-state index in [1.54, 1.807) is 6.08 Å². The highest BCUT2D eigenvalue weighted by Gasteiger charge is 2.37. The lowest BCUT2D eigenvalue weighted by Crippen LogP contribution is -2.60. The van der Waals surface area contributed by atoms with E-state index in [1.807, 2.05) is 38.1 Å². The Balaban J connectivity index is 2.15. The number of nitrogens with one attached hydrogen (secondary N) is 3. The molecule has 3 atom stereocenters. The number of thiocarbonyl (C=S) groups is 1. The van der Waals surface area contributed by atoms with Gasteiger partial charge in [0.25, 0.3) is 0 Å². The van der Waals surface area contributed by atoms with Crippen LogP contribution in [0, 0.1) is 0 Å². The van der Waals surface area contributed by atoms with Crippen molar-refractivity contribution in [2.45, 2.75) is 70.9 Å². The highest BCUT2D eigenvalue weighted by molar-refractivity contribution is 9.10. The zero-order valence-electron chi connectivity index (χ0n) is 18.0. The molecule has 170 valence electrons. The maximum Gasteiger partial charge on any atom is 0.331 e. The molecule has 0 spiro atoms. The van der Waals surface area contributed by atoms with Crippen LogP contribution in [0.5, 0.6) is 0 Å². The second-order valence-corrected chi connectivity index (χ2v) is 8.85. The Morgan fingerprint density at radius 2 is 1.87 bits per heavy atom. The van der Waals surface area contributed by atoms with Crippen molar-refractivity contribution in [1.29, 1.82) is 0 Å². The number of carbonyl (C=O) groups is 2. The average molecular weight is 512 g/mol. The Bertz CT molecular complexity index is 811. The molecule has 0 aromatic heterocycles. The Kier molecular flexibility index (Phi) is 9.93. The van der Waals surface area contributed by atoms with Gasteiger partial charge in [0.15, 0.2) is 5.11 Å². The van der Waals surface area contributed by atoms with E-state index in [-0.39, 0.29) is 24.0 Å². The molecule has 1 aliphatic carbocycles. The monoisotopic (exact) mass is 511 g/mol. The number of rotatable bonds is 9. The number of benzene rings is 1. The molecule has 1 aromatic rings. The van der Waals surface area contributed by atoms with E-state index in [0.717, 1.165) is 22.9 Å². The molecule has 31 heavy (non-hydrogen) atoms. The number of hydrogen-bond acceptors (Lipinski definition) is 4. The van der Waals surface area contributed by atoms with Gasteiger partial charge in [-0.1, -0.05) is 41.9 Å². The molecule has 1 aliphatic rings. The van der Waals surface area contributed by atoms with Crippen LogP contribution in [0.3, 0.4) is 0 Å². The van der Waals surface area contributed by atoms with E-state index in [9.17, 15) is 14.7 Å². The zero-order chi connectivity index (χ0) is 23.0. The molecule has 0 aliphatic heterocycles. The van der Waals surface area contributed by atoms with E-state index < -0.39 is 24.2 Å². The predicted octanol–water partition coefficient (Wildman–Crippen LogP) is 3.28. The summed E-state index contributed by atoms with van der Waals surface area (Å²) in [7, 11) is 0. The molecule has 7 nitrogen and oxygen atoms in total. The van der Waals surface area contributed by atoms with Gasteiger partial charge < -0.3 is 25.8 Å². The molecule has 2 rings (SSSR count). The maximum atomic E-state index is 11.9. The van der Waals surface area contributed by atoms with Crippen LogP contribution in [-0.4, -0.2) is 46.4 Å². The Hall–Kier alpha value is -1.97. The summed E-state index contributed by atoms with van der Waals surface area (Å²) >= 11 is 8.86. The van der Waals surface area contributed by atoms with Gasteiger partial charge in [0, 0.05) is 29.9 Å². The number of ether oxygens (including phenoxy) is 1. The Labute approximate surface area is 197 Å². The number of carboxylic acids is 1. The van der Waals surface area contributed by atoms with Crippen molar-refractivity contribution in [2.24, 2.45) is 0 Å². The van der Waals surface area contributed by atoms with Gasteiger partial charge in [0.05, 0.1) is 24.3 Å². The first-order chi connectivity index (χ1) is 14.7. The van der Waals surface area contributed by atoms with Crippen LogP contribution >= 0.6 is 28.1 Å². The largest absolute Gasteiger partial charge is 0.478 e. The quantitative estimate of drug-likeness (QED) is 0.377. The molecule has 0 radical (unpaired) electrons. The molecule has 0 saturated heterocycles. The van der Waals surface area contributed by atoms with Gasteiger partial charge in [-0.2, -0.15) is 0 Å². The van der Waals surface area contributed by atoms with Crippen molar-refractivity contribution < 1.29 is 19.4 Å². The Morgan fingerprint density at radius 1 is 1.23 bits per heavy atom. The van der Waals surface area contributed by atoms with E-state index in [1.165, 1.54) is 6.92 Å². The van der Waals surface area contributed by atoms with Gasteiger partial charge in [-0.3, -0.25) is 4.79 Å². The molecule has 0 unspecified atom stereocenters. The summed E-state index contributed by atoms with van der Waals surface area (Å²) in [4.78, 5) is 23.6. The molecular formula is C22H30BrN3O4S. The zero-order valence-corrected chi connectivity index (χ0v) is 20.4. The van der Waals surface area contributed by atoms with E-state index in [4.69, 9.17) is 17.0 Å². The normalized spacial score (nSPS) is 20.7. The molecule has 1 aromatic carbocycles. The molecule has 1 amide bonds. The van der Waals surface area contributed by atoms with Crippen molar-refractivity contribution in [2.75, 3.05) is 0 Å². The topological polar surface area (TPSA) is 99.7 Å². The molecule has 0 heterocycles. The number of carbonyl (C=O) groups excluding carboxylic acids is 1. The first-order valence-corrected chi connectivity index (χ1v) is 11.6. The second kappa shape index (κ2) is 12.2. The predicted molar refractivity (Wildman–Crippen MR) is 128 cm³/mol. The minimum Gasteiger partial charge on any atom is -0.478 e. The van der Waals surface area contributed by atoms with Crippen LogP contribution in [0.4, 0.5) is 0 Å². The number of aliphatic carboxylic acids is 1. The third-order valence-corrected chi connectivity index (χ3v) is 5.97. The van der Waals surface area contributed by atoms with Crippen molar-refractivity contribution >= 4 is 45.1 Å². The summed E-state index contributed by atoms with van der Waals surface area (Å²) < 4.78 is 7.17. The SMILES string of the molecule is CCC(CC)O[C@@H]1C=C(C(=O)O)C[C@H](NC(=S)NCc2ccc(Br)cc2)[C@H]1NC(C)=O. The lowest BCUT2D eigenvalue weighted by atomic mass is 9.87. The standard InChI is InChI=1S/C22H30BrN3O4S/c1-4-17(5-2)30-19-11-15(21(28)29)10-18(20(19)25-13(3)27)26-22(31)24-12-14-6-8-16(23)9-7-14/h6-9,11,17-20H,4-5,10,12H2,1-3H3,(H,25,27)(H,28,29)(H2,24,26,31)/t18-,19+,20+/m0/s1. The van der Waals surface area contributed by atoms with Crippen molar-refractivity contribution in [3.05, 3.63) is 46.0 Å². The van der Waals surface area contributed by atoms with Gasteiger partial charge in [-0.25, -0.2) is 4.79 Å². The third-order valence-electron chi connectivity index (χ3n) is 5.18. The lowest BCUT2D eigenvalue weighted by molar-refractivity contribution is -0.133. The molecular weight excluding hydrogens is 482 g/mol. The summed E-state index contributed by atoms with van der Waals surface area (Å²) in [5.74, 6) is -1.21. The number of carboxylic acid groups (broad SMARTS) is 1. The van der Waals surface area contributed by atoms with Crippen LogP contribution in [0.25, 0.3) is 0 Å². The van der Waals surface area contributed by atoms with Crippen LogP contribution in [0.2, 0.25) is 0 Å². The van der Waals surface area contributed by atoms with Gasteiger partial charge in [0.1, 0.15) is 0 Å². The second-order valence-electron chi connectivity index (χ2n) is 7.53. The number of amides is 1. The van der Waals surface area contributed by atoms with Gasteiger partial charge in [-0.15, -0.1) is 0 Å². The van der Waals surface area contributed by atoms with Crippen LogP contribution in [-0.2, 0) is 20.9 Å². The van der Waals surface area contributed by atoms with Crippen LogP contribution in [0.15, 0.2) is 40.4 Å². The highest BCUT2D eigenvalue weighted by atomic mass is 79.9. The average Bonchev–Trinajstić information content (AvgIpc) is 2.72.